The van der Waals surface area contributed by atoms with Gasteiger partial charge in [0.15, 0.2) is 5.78 Å². The number of ketones is 1. The molecular formula is C14H13N3O4. The molecule has 2 aliphatic rings. The summed E-state index contributed by atoms with van der Waals surface area (Å²) in [4.78, 5) is 34.6. The van der Waals surface area contributed by atoms with Crippen molar-refractivity contribution in [2.24, 2.45) is 0 Å². The van der Waals surface area contributed by atoms with Crippen molar-refractivity contribution in [2.45, 2.75) is 25.3 Å². The maximum absolute atomic E-state index is 12.2. The largest absolute Gasteiger partial charge is 0.326 e. The molecule has 0 aromatic heterocycles. The Morgan fingerprint density at radius 1 is 1.19 bits per heavy atom. The molecular weight excluding hydrogens is 274 g/mol. The SMILES string of the molecule is O=C1NC2=C(C(=O)CCC2)[C@H](c2ccccc2[N+](=O)[O-])N1. The van der Waals surface area contributed by atoms with Crippen LogP contribution in [0.25, 0.3) is 0 Å². The van der Waals surface area contributed by atoms with Gasteiger partial charge in [-0.1, -0.05) is 12.1 Å². The van der Waals surface area contributed by atoms with E-state index in [1.807, 2.05) is 0 Å². The number of nitro groups is 1. The van der Waals surface area contributed by atoms with E-state index < -0.39 is 17.0 Å². The summed E-state index contributed by atoms with van der Waals surface area (Å²) in [7, 11) is 0. The zero-order valence-corrected chi connectivity index (χ0v) is 11.1. The van der Waals surface area contributed by atoms with Crippen LogP contribution in [0.2, 0.25) is 0 Å². The predicted octanol–water partition coefficient (Wildman–Crippen LogP) is 1.96. The summed E-state index contributed by atoms with van der Waals surface area (Å²) in [6.45, 7) is 0. The van der Waals surface area contributed by atoms with E-state index in [1.165, 1.54) is 6.07 Å². The summed E-state index contributed by atoms with van der Waals surface area (Å²) < 4.78 is 0. The highest BCUT2D eigenvalue weighted by Gasteiger charge is 2.37. The van der Waals surface area contributed by atoms with Gasteiger partial charge < -0.3 is 10.6 Å². The molecule has 108 valence electrons. The van der Waals surface area contributed by atoms with Gasteiger partial charge in [-0.05, 0) is 18.9 Å². The molecule has 3 rings (SSSR count). The molecule has 7 heteroatoms. The van der Waals surface area contributed by atoms with Gasteiger partial charge >= 0.3 is 6.03 Å². The number of hydrogen-bond donors (Lipinski definition) is 2. The van der Waals surface area contributed by atoms with Gasteiger partial charge in [0.1, 0.15) is 0 Å². The van der Waals surface area contributed by atoms with Crippen LogP contribution < -0.4 is 10.6 Å². The number of carbonyl (C=O) groups excluding carboxylic acids is 2. The van der Waals surface area contributed by atoms with E-state index in [1.54, 1.807) is 18.2 Å². The van der Waals surface area contributed by atoms with Crippen LogP contribution in [0.4, 0.5) is 10.5 Å². The van der Waals surface area contributed by atoms with Gasteiger partial charge in [0.25, 0.3) is 5.69 Å². The minimum atomic E-state index is -0.761. The fourth-order valence-electron chi connectivity index (χ4n) is 2.84. The van der Waals surface area contributed by atoms with E-state index in [0.29, 0.717) is 36.1 Å². The van der Waals surface area contributed by atoms with Crippen molar-refractivity contribution in [3.63, 3.8) is 0 Å². The molecule has 1 aliphatic heterocycles. The van der Waals surface area contributed by atoms with Gasteiger partial charge in [0, 0.05) is 23.8 Å². The fourth-order valence-corrected chi connectivity index (χ4v) is 2.84. The van der Waals surface area contributed by atoms with Gasteiger partial charge in [-0.3, -0.25) is 14.9 Å². The highest BCUT2D eigenvalue weighted by atomic mass is 16.6. The Morgan fingerprint density at radius 3 is 2.71 bits per heavy atom. The average molecular weight is 287 g/mol. The minimum absolute atomic E-state index is 0.0769. The molecule has 0 bridgehead atoms. The Labute approximate surface area is 120 Å². The van der Waals surface area contributed by atoms with Crippen molar-refractivity contribution >= 4 is 17.5 Å². The number of nitrogens with zero attached hydrogens (tertiary/aromatic N) is 1. The number of urea groups is 1. The number of Topliss-reactive ketones (excluding diaryl/α,β-unsaturated/α-hetero) is 1. The molecule has 2 amide bonds. The number of benzene rings is 1. The summed E-state index contributed by atoms with van der Waals surface area (Å²) in [5, 5.41) is 16.4. The molecule has 0 spiro atoms. The summed E-state index contributed by atoms with van der Waals surface area (Å²) in [5.74, 6) is -0.0769. The van der Waals surface area contributed by atoms with E-state index in [2.05, 4.69) is 10.6 Å². The highest BCUT2D eigenvalue weighted by molar-refractivity contribution is 6.01. The third kappa shape index (κ3) is 2.26. The Morgan fingerprint density at radius 2 is 1.95 bits per heavy atom. The normalized spacial score (nSPS) is 21.4. The molecule has 0 radical (unpaired) electrons. The zero-order chi connectivity index (χ0) is 15.0. The van der Waals surface area contributed by atoms with Gasteiger partial charge in [-0.2, -0.15) is 0 Å². The number of nitrogens with one attached hydrogen (secondary N) is 2. The second-order valence-corrected chi connectivity index (χ2v) is 5.02. The first-order valence-corrected chi connectivity index (χ1v) is 6.65. The Balaban J connectivity index is 2.14. The second-order valence-electron chi connectivity index (χ2n) is 5.02. The van der Waals surface area contributed by atoms with Crippen molar-refractivity contribution in [3.05, 3.63) is 51.2 Å². The van der Waals surface area contributed by atoms with E-state index in [4.69, 9.17) is 0 Å². The van der Waals surface area contributed by atoms with E-state index in [9.17, 15) is 19.7 Å². The van der Waals surface area contributed by atoms with Crippen molar-refractivity contribution in [1.82, 2.24) is 10.6 Å². The first kappa shape index (κ1) is 13.3. The summed E-state index contributed by atoms with van der Waals surface area (Å²) in [5.41, 5.74) is 1.25. The van der Waals surface area contributed by atoms with E-state index in [0.717, 1.165) is 0 Å². The molecule has 0 fully saturated rings. The molecule has 1 heterocycles. The number of amides is 2. The van der Waals surface area contributed by atoms with Crippen LogP contribution in [0.15, 0.2) is 35.5 Å². The van der Waals surface area contributed by atoms with Crippen LogP contribution in [0.5, 0.6) is 0 Å². The molecule has 0 unspecified atom stereocenters. The van der Waals surface area contributed by atoms with Crippen molar-refractivity contribution in [3.8, 4) is 0 Å². The van der Waals surface area contributed by atoms with Crippen LogP contribution in [0.3, 0.4) is 0 Å². The lowest BCUT2D eigenvalue weighted by atomic mass is 9.85. The van der Waals surface area contributed by atoms with Gasteiger partial charge in [-0.25, -0.2) is 4.79 Å². The molecule has 1 aliphatic carbocycles. The third-order valence-corrected chi connectivity index (χ3v) is 3.73. The smallest absolute Gasteiger partial charge is 0.319 e. The van der Waals surface area contributed by atoms with Crippen LogP contribution in [-0.2, 0) is 4.79 Å². The highest BCUT2D eigenvalue weighted by Crippen LogP contribution is 2.36. The molecule has 1 aromatic rings. The van der Waals surface area contributed by atoms with Gasteiger partial charge in [0.2, 0.25) is 0 Å². The maximum atomic E-state index is 12.2. The monoisotopic (exact) mass is 287 g/mol. The lowest BCUT2D eigenvalue weighted by Crippen LogP contribution is -2.46. The molecule has 21 heavy (non-hydrogen) atoms. The zero-order valence-electron chi connectivity index (χ0n) is 11.1. The molecule has 7 nitrogen and oxygen atoms in total. The molecule has 1 aromatic carbocycles. The van der Waals surface area contributed by atoms with Gasteiger partial charge in [-0.15, -0.1) is 0 Å². The van der Waals surface area contributed by atoms with Crippen molar-refractivity contribution < 1.29 is 14.5 Å². The first-order valence-electron chi connectivity index (χ1n) is 6.65. The number of para-hydroxylation sites is 1. The second kappa shape index (κ2) is 5.01. The number of nitro benzene ring substituents is 1. The maximum Gasteiger partial charge on any atom is 0.319 e. The van der Waals surface area contributed by atoms with E-state index in [-0.39, 0.29) is 11.5 Å². The topological polar surface area (TPSA) is 101 Å². The number of allylic oxidation sites excluding steroid dienone is 1. The van der Waals surface area contributed by atoms with Crippen LogP contribution in [-0.4, -0.2) is 16.7 Å². The lowest BCUT2D eigenvalue weighted by molar-refractivity contribution is -0.385. The molecule has 2 N–H and O–H groups in total. The first-order chi connectivity index (χ1) is 10.1. The summed E-state index contributed by atoms with van der Waals surface area (Å²) in [6.07, 6.45) is 1.68. The molecule has 1 atom stereocenters. The Bertz CT molecular complexity index is 681. The number of hydrogen-bond acceptors (Lipinski definition) is 4. The van der Waals surface area contributed by atoms with Gasteiger partial charge in [0.05, 0.1) is 16.5 Å². The average Bonchev–Trinajstić information content (AvgIpc) is 2.46. The van der Waals surface area contributed by atoms with Crippen LogP contribution in [0, 0.1) is 10.1 Å². The molecule has 0 saturated heterocycles. The van der Waals surface area contributed by atoms with Crippen molar-refractivity contribution in [2.75, 3.05) is 0 Å². The van der Waals surface area contributed by atoms with E-state index >= 15 is 0 Å². The summed E-state index contributed by atoms with van der Waals surface area (Å²) in [6, 6.07) is 4.96. The lowest BCUT2D eigenvalue weighted by Gasteiger charge is -2.31. The number of rotatable bonds is 2. The Hall–Kier alpha value is -2.70. The minimum Gasteiger partial charge on any atom is -0.326 e. The number of carbonyl (C=O) groups is 2. The standard InChI is InChI=1S/C14H13N3O4/c18-11-7-3-5-9-12(11)13(16-14(19)15-9)8-4-1-2-6-10(8)17(20)21/h1-2,4,6,13H,3,5,7H2,(H2,15,16,19)/t13-/m0/s1. The van der Waals surface area contributed by atoms with Crippen LogP contribution in [0.1, 0.15) is 30.9 Å². The fraction of sp³-hybridized carbons (Fsp3) is 0.286. The third-order valence-electron chi connectivity index (χ3n) is 3.73. The van der Waals surface area contributed by atoms with Crippen molar-refractivity contribution in [1.29, 1.82) is 0 Å². The van der Waals surface area contributed by atoms with Crippen LogP contribution >= 0.6 is 0 Å². The predicted molar refractivity (Wildman–Crippen MR) is 73.4 cm³/mol. The quantitative estimate of drug-likeness (QED) is 0.641. The summed E-state index contributed by atoms with van der Waals surface area (Å²) >= 11 is 0. The Kier molecular flexibility index (Phi) is 3.17. The molecule has 0 saturated carbocycles.